The number of nitrogens with one attached hydrogen (secondary N) is 1. The quantitative estimate of drug-likeness (QED) is 0.301. The summed E-state index contributed by atoms with van der Waals surface area (Å²) in [6.45, 7) is 9.96. The molecule has 2 heteroatoms. The van der Waals surface area contributed by atoms with Gasteiger partial charge in [0.05, 0.1) is 5.54 Å². The topological polar surface area (TPSA) is 15.3 Å². The van der Waals surface area contributed by atoms with Crippen molar-refractivity contribution in [3.05, 3.63) is 126 Å². The van der Waals surface area contributed by atoms with Gasteiger partial charge in [-0.25, -0.2) is 0 Å². The van der Waals surface area contributed by atoms with Gasteiger partial charge in [-0.15, -0.1) is 0 Å². The lowest BCUT2D eigenvalue weighted by atomic mass is 9.83. The van der Waals surface area contributed by atoms with E-state index in [-0.39, 0.29) is 11.0 Å². The molecule has 0 aliphatic carbocycles. The molecule has 0 unspecified atom stereocenters. The Bertz CT molecular complexity index is 1090. The Morgan fingerprint density at radius 3 is 1.48 bits per heavy atom. The second-order valence-corrected chi connectivity index (χ2v) is 9.83. The van der Waals surface area contributed by atoms with Crippen molar-refractivity contribution in [3.8, 4) is 0 Å². The van der Waals surface area contributed by atoms with Crippen LogP contribution in [0.5, 0.6) is 0 Å². The maximum Gasteiger partial charge on any atom is 0.0569 e. The first-order chi connectivity index (χ1) is 15.9. The fourth-order valence-corrected chi connectivity index (χ4v) is 4.33. The molecule has 0 bridgehead atoms. The third kappa shape index (κ3) is 5.46. The maximum absolute atomic E-state index is 3.70. The van der Waals surface area contributed by atoms with Crippen molar-refractivity contribution in [1.29, 1.82) is 0 Å². The van der Waals surface area contributed by atoms with Crippen LogP contribution in [0.25, 0.3) is 0 Å². The molecule has 0 saturated heterocycles. The lowest BCUT2D eigenvalue weighted by Crippen LogP contribution is -2.34. The van der Waals surface area contributed by atoms with Gasteiger partial charge in [0.25, 0.3) is 0 Å². The van der Waals surface area contributed by atoms with Crippen LogP contribution >= 0.6 is 0 Å². The first-order valence-corrected chi connectivity index (χ1v) is 11.7. The molecule has 168 valence electrons. The van der Waals surface area contributed by atoms with Crippen LogP contribution in [0, 0.1) is 0 Å². The summed E-state index contributed by atoms with van der Waals surface area (Å²) < 4.78 is 0. The van der Waals surface area contributed by atoms with Gasteiger partial charge in [0.1, 0.15) is 0 Å². The molecule has 33 heavy (non-hydrogen) atoms. The van der Waals surface area contributed by atoms with E-state index >= 15 is 0 Å². The van der Waals surface area contributed by atoms with E-state index < -0.39 is 0 Å². The molecule has 0 aliphatic heterocycles. The van der Waals surface area contributed by atoms with E-state index in [1.807, 2.05) is 0 Å². The number of rotatable bonds is 8. The van der Waals surface area contributed by atoms with Crippen molar-refractivity contribution in [2.75, 3.05) is 16.8 Å². The van der Waals surface area contributed by atoms with Crippen molar-refractivity contribution in [1.82, 2.24) is 0 Å². The Hall–Kier alpha value is -3.52. The van der Waals surface area contributed by atoms with E-state index in [1.54, 1.807) is 0 Å². The molecular weight excluding hydrogens is 400 g/mol. The van der Waals surface area contributed by atoms with Gasteiger partial charge in [-0.2, -0.15) is 0 Å². The number of anilines is 3. The molecule has 0 aromatic heterocycles. The highest BCUT2D eigenvalue weighted by Gasteiger charge is 2.26. The van der Waals surface area contributed by atoms with Gasteiger partial charge in [0.2, 0.25) is 0 Å². The summed E-state index contributed by atoms with van der Waals surface area (Å²) in [5, 5.41) is 3.70. The fraction of sp³-hybridized carbons (Fsp3) is 0.226. The SMILES string of the molecule is CC(C)(CN(c1ccccc1)c1ccccc1)c1ccc(NC(C)(C)c2ccccc2)cc1. The first kappa shape index (κ1) is 22.7. The molecule has 0 heterocycles. The number of para-hydroxylation sites is 2. The summed E-state index contributed by atoms with van der Waals surface area (Å²) in [5.41, 5.74) is 5.96. The molecule has 2 nitrogen and oxygen atoms in total. The lowest BCUT2D eigenvalue weighted by Gasteiger charge is -2.35. The molecule has 4 aromatic rings. The summed E-state index contributed by atoms with van der Waals surface area (Å²) in [4.78, 5) is 2.41. The van der Waals surface area contributed by atoms with Crippen molar-refractivity contribution >= 4 is 17.1 Å². The van der Waals surface area contributed by atoms with Crippen LogP contribution in [0.1, 0.15) is 38.8 Å². The molecule has 4 aromatic carbocycles. The molecule has 0 spiro atoms. The maximum atomic E-state index is 3.70. The van der Waals surface area contributed by atoms with Gasteiger partial charge in [0, 0.05) is 29.0 Å². The monoisotopic (exact) mass is 434 g/mol. The summed E-state index contributed by atoms with van der Waals surface area (Å²) in [7, 11) is 0. The third-order valence-electron chi connectivity index (χ3n) is 6.31. The Morgan fingerprint density at radius 1 is 0.545 bits per heavy atom. The van der Waals surface area contributed by atoms with Crippen LogP contribution in [0.4, 0.5) is 17.1 Å². The van der Waals surface area contributed by atoms with Crippen LogP contribution in [-0.2, 0) is 11.0 Å². The Morgan fingerprint density at radius 2 is 1.00 bits per heavy atom. The van der Waals surface area contributed by atoms with Gasteiger partial charge >= 0.3 is 0 Å². The minimum atomic E-state index is -0.143. The minimum absolute atomic E-state index is 0.0425. The zero-order valence-electron chi connectivity index (χ0n) is 20.1. The van der Waals surface area contributed by atoms with Crippen LogP contribution in [0.2, 0.25) is 0 Å². The second-order valence-electron chi connectivity index (χ2n) is 9.83. The van der Waals surface area contributed by atoms with E-state index in [0.717, 1.165) is 12.2 Å². The van der Waals surface area contributed by atoms with Crippen molar-refractivity contribution in [2.45, 2.75) is 38.6 Å². The van der Waals surface area contributed by atoms with Crippen LogP contribution in [0.15, 0.2) is 115 Å². The first-order valence-electron chi connectivity index (χ1n) is 11.7. The number of hydrogen-bond donors (Lipinski definition) is 1. The van der Waals surface area contributed by atoms with Crippen molar-refractivity contribution in [2.24, 2.45) is 0 Å². The molecule has 4 rings (SSSR count). The van der Waals surface area contributed by atoms with Crippen molar-refractivity contribution in [3.63, 3.8) is 0 Å². The third-order valence-corrected chi connectivity index (χ3v) is 6.31. The highest BCUT2D eigenvalue weighted by molar-refractivity contribution is 5.63. The van der Waals surface area contributed by atoms with Crippen LogP contribution in [0.3, 0.4) is 0 Å². The summed E-state index contributed by atoms with van der Waals surface area (Å²) in [6, 6.07) is 40.8. The average molecular weight is 435 g/mol. The largest absolute Gasteiger partial charge is 0.376 e. The van der Waals surface area contributed by atoms with Gasteiger partial charge in [-0.1, -0.05) is 92.7 Å². The lowest BCUT2D eigenvalue weighted by molar-refractivity contribution is 0.532. The van der Waals surface area contributed by atoms with Crippen LogP contribution < -0.4 is 10.2 Å². The molecule has 0 saturated carbocycles. The second kappa shape index (κ2) is 9.54. The van der Waals surface area contributed by atoms with E-state index in [0.29, 0.717) is 0 Å². The molecule has 0 aliphatic rings. The Balaban J connectivity index is 1.55. The highest BCUT2D eigenvalue weighted by Crippen LogP contribution is 2.33. The predicted octanol–water partition coefficient (Wildman–Crippen LogP) is 8.15. The number of benzene rings is 4. The smallest absolute Gasteiger partial charge is 0.0569 e. The van der Waals surface area contributed by atoms with Gasteiger partial charge in [0.15, 0.2) is 0 Å². The summed E-state index contributed by atoms with van der Waals surface area (Å²) >= 11 is 0. The number of hydrogen-bond acceptors (Lipinski definition) is 2. The highest BCUT2D eigenvalue weighted by atomic mass is 15.1. The zero-order chi connectivity index (χ0) is 23.3. The van der Waals surface area contributed by atoms with E-state index in [4.69, 9.17) is 0 Å². The molecular formula is C31H34N2. The van der Waals surface area contributed by atoms with Gasteiger partial charge in [-0.3, -0.25) is 0 Å². The van der Waals surface area contributed by atoms with E-state index in [2.05, 4.69) is 153 Å². The average Bonchev–Trinajstić information content (AvgIpc) is 2.84. The van der Waals surface area contributed by atoms with Crippen molar-refractivity contribution < 1.29 is 0 Å². The molecule has 0 amide bonds. The normalized spacial score (nSPS) is 11.8. The zero-order valence-corrected chi connectivity index (χ0v) is 20.1. The Kier molecular flexibility index (Phi) is 6.55. The van der Waals surface area contributed by atoms with Crippen LogP contribution in [-0.4, -0.2) is 6.54 Å². The van der Waals surface area contributed by atoms with E-state index in [9.17, 15) is 0 Å². The Labute approximate surface area is 198 Å². The standard InChI is InChI=1S/C31H34N2/c1-30(2,24-33(28-16-10-6-11-17-28)29-18-12-7-13-19-29)25-20-22-27(23-21-25)32-31(3,4)26-14-8-5-9-15-26/h5-23,32H,24H2,1-4H3. The molecule has 0 radical (unpaired) electrons. The predicted molar refractivity (Wildman–Crippen MR) is 142 cm³/mol. The minimum Gasteiger partial charge on any atom is -0.376 e. The van der Waals surface area contributed by atoms with Gasteiger partial charge < -0.3 is 10.2 Å². The summed E-state index contributed by atoms with van der Waals surface area (Å²) in [6.07, 6.45) is 0. The molecule has 0 fully saturated rings. The summed E-state index contributed by atoms with van der Waals surface area (Å²) in [5.74, 6) is 0. The molecule has 0 atom stereocenters. The van der Waals surface area contributed by atoms with E-state index in [1.165, 1.54) is 22.5 Å². The fourth-order valence-electron chi connectivity index (χ4n) is 4.33. The number of nitrogens with zero attached hydrogens (tertiary/aromatic N) is 1. The van der Waals surface area contributed by atoms with Gasteiger partial charge in [-0.05, 0) is 61.4 Å². The molecule has 1 N–H and O–H groups in total.